The minimum atomic E-state index is -0.00219. The third-order valence-corrected chi connectivity index (χ3v) is 8.62. The van der Waals surface area contributed by atoms with Crippen molar-refractivity contribution in [3.63, 3.8) is 0 Å². The number of methoxy groups -OCH3 is 2. The highest BCUT2D eigenvalue weighted by molar-refractivity contribution is 5.96. The number of anilines is 2. The van der Waals surface area contributed by atoms with Crippen LogP contribution in [-0.4, -0.2) is 62.1 Å². The van der Waals surface area contributed by atoms with Crippen molar-refractivity contribution in [2.24, 2.45) is 17.8 Å². The molecule has 4 bridgehead atoms. The maximum absolute atomic E-state index is 13.3. The summed E-state index contributed by atoms with van der Waals surface area (Å²) in [5.41, 5.74) is 2.22. The van der Waals surface area contributed by atoms with E-state index in [0.717, 1.165) is 53.6 Å². The molecule has 2 N–H and O–H groups in total. The molecule has 4 aliphatic rings. The van der Waals surface area contributed by atoms with Crippen molar-refractivity contribution in [2.45, 2.75) is 44.1 Å². The quantitative estimate of drug-likeness (QED) is 0.302. The smallest absolute Gasteiger partial charge is 0.251 e. The maximum atomic E-state index is 13.3. The Bertz CT molecular complexity index is 1310. The summed E-state index contributed by atoms with van der Waals surface area (Å²) in [4.78, 5) is 22.2. The fourth-order valence-corrected chi connectivity index (χ4v) is 7.28. The number of amides is 1. The Morgan fingerprint density at radius 2 is 1.45 bits per heavy atom. The molecule has 9 nitrogen and oxygen atoms in total. The van der Waals surface area contributed by atoms with Gasteiger partial charge in [0.15, 0.2) is 11.5 Å². The average molecular weight is 547 g/mol. The van der Waals surface area contributed by atoms with Crippen LogP contribution in [0.15, 0.2) is 42.7 Å². The van der Waals surface area contributed by atoms with Crippen LogP contribution in [0.3, 0.4) is 0 Å². The average Bonchev–Trinajstić information content (AvgIpc) is 2.93. The molecule has 0 spiro atoms. The Hall–Kier alpha value is -3.43. The molecule has 4 aliphatic carbocycles. The number of carbonyl (C=O) groups is 1. The van der Waals surface area contributed by atoms with E-state index in [1.165, 1.54) is 25.6 Å². The van der Waals surface area contributed by atoms with E-state index in [1.807, 2.05) is 36.4 Å². The van der Waals surface area contributed by atoms with Crippen LogP contribution in [0.2, 0.25) is 0 Å². The summed E-state index contributed by atoms with van der Waals surface area (Å²) in [5.74, 6) is 4.20. The first kappa shape index (κ1) is 26.8. The Labute approximate surface area is 235 Å². The molecule has 0 radical (unpaired) electrons. The van der Waals surface area contributed by atoms with Crippen LogP contribution in [0.25, 0.3) is 10.9 Å². The summed E-state index contributed by atoms with van der Waals surface area (Å²) in [6.45, 7) is 1.69. The number of fused-ring (bicyclic) bond motifs is 1. The monoisotopic (exact) mass is 546 g/mol. The van der Waals surface area contributed by atoms with Gasteiger partial charge in [-0.1, -0.05) is 0 Å². The number of rotatable bonds is 12. The zero-order valence-electron chi connectivity index (χ0n) is 23.3. The normalized spacial score (nSPS) is 24.7. The van der Waals surface area contributed by atoms with Crippen molar-refractivity contribution >= 4 is 28.3 Å². The summed E-state index contributed by atoms with van der Waals surface area (Å²) in [5, 5.41) is 7.63. The molecule has 0 saturated heterocycles. The number of nitrogens with zero attached hydrogens (tertiary/aromatic N) is 2. The first-order chi connectivity index (χ1) is 19.5. The van der Waals surface area contributed by atoms with Crippen LogP contribution in [-0.2, 0) is 9.47 Å². The first-order valence-electron chi connectivity index (χ1n) is 14.3. The van der Waals surface area contributed by atoms with Gasteiger partial charge >= 0.3 is 0 Å². The van der Waals surface area contributed by atoms with Gasteiger partial charge in [-0.05, 0) is 86.6 Å². The largest absolute Gasteiger partial charge is 0.487 e. The van der Waals surface area contributed by atoms with Gasteiger partial charge < -0.3 is 29.6 Å². The second-order valence-electron chi connectivity index (χ2n) is 11.6. The predicted octanol–water partition coefficient (Wildman–Crippen LogP) is 5.12. The molecule has 0 unspecified atom stereocenters. The Morgan fingerprint density at radius 3 is 2.05 bits per heavy atom. The van der Waals surface area contributed by atoms with Crippen LogP contribution < -0.4 is 20.1 Å². The van der Waals surface area contributed by atoms with E-state index in [9.17, 15) is 4.79 Å². The summed E-state index contributed by atoms with van der Waals surface area (Å²) >= 11 is 0. The highest BCUT2D eigenvalue weighted by atomic mass is 16.5. The topological polar surface area (TPSA) is 104 Å². The molecule has 1 aromatic heterocycles. The number of ether oxygens (including phenoxy) is 4. The molecule has 1 amide bonds. The second kappa shape index (κ2) is 11.6. The molecule has 40 heavy (non-hydrogen) atoms. The van der Waals surface area contributed by atoms with Gasteiger partial charge in [-0.3, -0.25) is 4.79 Å². The minimum Gasteiger partial charge on any atom is -0.487 e. The number of nitrogens with one attached hydrogen (secondary N) is 2. The Balaban J connectivity index is 1.17. The van der Waals surface area contributed by atoms with E-state index in [2.05, 4.69) is 20.6 Å². The van der Waals surface area contributed by atoms with E-state index in [0.29, 0.717) is 49.3 Å². The van der Waals surface area contributed by atoms with Gasteiger partial charge in [0.2, 0.25) is 0 Å². The fraction of sp³-hybridized carbons (Fsp3) is 0.516. The number of carbonyl (C=O) groups excluding carboxylic acids is 1. The number of benzene rings is 2. The van der Waals surface area contributed by atoms with E-state index in [-0.39, 0.29) is 11.4 Å². The van der Waals surface area contributed by atoms with Crippen molar-refractivity contribution in [1.29, 1.82) is 0 Å². The molecular weight excluding hydrogens is 508 g/mol. The van der Waals surface area contributed by atoms with Gasteiger partial charge in [0.05, 0.1) is 18.7 Å². The standard InChI is InChI=1S/C31H38N4O5/c1-37-7-9-39-27-14-25-26(15-28(27)40-10-8-38-2)32-19-33-29(25)34-24-5-3-23(4-6-24)30(36)35-31-16-20-11-21(17-31)13-22(12-20)18-31/h3-6,14-15,19-22H,7-13,16-18H2,1-2H3,(H,35,36)(H,32,33,34). The third kappa shape index (κ3) is 5.71. The summed E-state index contributed by atoms with van der Waals surface area (Å²) in [6, 6.07) is 11.3. The highest BCUT2D eigenvalue weighted by Crippen LogP contribution is 2.55. The Kier molecular flexibility index (Phi) is 7.76. The lowest BCUT2D eigenvalue weighted by Crippen LogP contribution is -2.59. The third-order valence-electron chi connectivity index (χ3n) is 8.62. The molecule has 4 fully saturated rings. The van der Waals surface area contributed by atoms with Gasteiger partial charge in [0, 0.05) is 42.5 Å². The molecule has 3 aromatic rings. The number of hydrogen-bond donors (Lipinski definition) is 2. The lowest BCUT2D eigenvalue weighted by Gasteiger charge is -2.56. The van der Waals surface area contributed by atoms with E-state index in [1.54, 1.807) is 14.2 Å². The molecular formula is C31H38N4O5. The zero-order chi connectivity index (χ0) is 27.5. The molecule has 0 aliphatic heterocycles. The van der Waals surface area contributed by atoms with E-state index >= 15 is 0 Å². The molecule has 1 heterocycles. The Morgan fingerprint density at radius 1 is 0.850 bits per heavy atom. The van der Waals surface area contributed by atoms with Gasteiger partial charge in [-0.2, -0.15) is 0 Å². The SMILES string of the molecule is COCCOc1cc2ncnc(Nc3ccc(C(=O)NC45CC6CC(CC(C6)C4)C5)cc3)c2cc1OCCOC. The molecule has 2 aromatic carbocycles. The zero-order valence-corrected chi connectivity index (χ0v) is 23.3. The number of aromatic nitrogens is 2. The molecule has 212 valence electrons. The van der Waals surface area contributed by atoms with Gasteiger partial charge in [-0.25, -0.2) is 9.97 Å². The lowest BCUT2D eigenvalue weighted by atomic mass is 9.53. The van der Waals surface area contributed by atoms with Gasteiger partial charge in [0.1, 0.15) is 25.4 Å². The van der Waals surface area contributed by atoms with Crippen LogP contribution >= 0.6 is 0 Å². The second-order valence-corrected chi connectivity index (χ2v) is 11.6. The highest BCUT2D eigenvalue weighted by Gasteiger charge is 2.51. The molecule has 0 atom stereocenters. The van der Waals surface area contributed by atoms with Crippen LogP contribution in [0, 0.1) is 17.8 Å². The molecule has 9 heteroatoms. The molecule has 7 rings (SSSR count). The van der Waals surface area contributed by atoms with Crippen molar-refractivity contribution in [2.75, 3.05) is 46.0 Å². The van der Waals surface area contributed by atoms with Crippen LogP contribution in [0.1, 0.15) is 48.9 Å². The summed E-state index contributed by atoms with van der Waals surface area (Å²) < 4.78 is 22.1. The predicted molar refractivity (Wildman–Crippen MR) is 152 cm³/mol. The summed E-state index contributed by atoms with van der Waals surface area (Å²) in [7, 11) is 3.26. The van der Waals surface area contributed by atoms with Gasteiger partial charge in [0.25, 0.3) is 5.91 Å². The van der Waals surface area contributed by atoms with E-state index in [4.69, 9.17) is 18.9 Å². The van der Waals surface area contributed by atoms with E-state index < -0.39 is 0 Å². The van der Waals surface area contributed by atoms with Crippen LogP contribution in [0.4, 0.5) is 11.5 Å². The lowest BCUT2D eigenvalue weighted by molar-refractivity contribution is -0.0167. The van der Waals surface area contributed by atoms with Gasteiger partial charge in [-0.15, -0.1) is 0 Å². The van der Waals surface area contributed by atoms with Crippen molar-refractivity contribution in [3.8, 4) is 11.5 Å². The first-order valence-corrected chi connectivity index (χ1v) is 14.3. The van der Waals surface area contributed by atoms with Crippen molar-refractivity contribution in [1.82, 2.24) is 15.3 Å². The van der Waals surface area contributed by atoms with Crippen molar-refractivity contribution < 1.29 is 23.7 Å². The number of hydrogen-bond acceptors (Lipinski definition) is 8. The summed E-state index contributed by atoms with van der Waals surface area (Å²) in [6.07, 6.45) is 9.01. The van der Waals surface area contributed by atoms with Crippen molar-refractivity contribution in [3.05, 3.63) is 48.3 Å². The minimum absolute atomic E-state index is 0.00219. The van der Waals surface area contributed by atoms with Crippen LogP contribution in [0.5, 0.6) is 11.5 Å². The fourth-order valence-electron chi connectivity index (χ4n) is 7.28. The maximum Gasteiger partial charge on any atom is 0.251 e. The molecule has 4 saturated carbocycles.